The summed E-state index contributed by atoms with van der Waals surface area (Å²) < 4.78 is 5.31. The molecule has 1 aromatic heterocycles. The monoisotopic (exact) mass is 192 g/mol. The molecule has 1 saturated heterocycles. The van der Waals surface area contributed by atoms with Gasteiger partial charge in [-0.25, -0.2) is 0 Å². The van der Waals surface area contributed by atoms with Crippen molar-refractivity contribution >= 4 is 5.69 Å². The number of ether oxygens (including phenoxy) is 1. The van der Waals surface area contributed by atoms with Gasteiger partial charge in [0.05, 0.1) is 0 Å². The smallest absolute Gasteiger partial charge is 0.0469 e. The number of hydrogen-bond acceptors (Lipinski definition) is 3. The summed E-state index contributed by atoms with van der Waals surface area (Å²) in [5.74, 6) is 0.761. The van der Waals surface area contributed by atoms with Crippen molar-refractivity contribution in [1.82, 2.24) is 4.98 Å². The van der Waals surface area contributed by atoms with Gasteiger partial charge in [-0.1, -0.05) is 0 Å². The number of pyridine rings is 1. The second-order valence-electron chi connectivity index (χ2n) is 3.67. The van der Waals surface area contributed by atoms with Crippen LogP contribution in [0.1, 0.15) is 12.8 Å². The van der Waals surface area contributed by atoms with Crippen LogP contribution in [0.5, 0.6) is 0 Å². The topological polar surface area (TPSA) is 34.1 Å². The first-order valence-corrected chi connectivity index (χ1v) is 5.17. The van der Waals surface area contributed by atoms with E-state index in [0.29, 0.717) is 0 Å². The summed E-state index contributed by atoms with van der Waals surface area (Å²) in [5.41, 5.74) is 1.16. The lowest BCUT2D eigenvalue weighted by molar-refractivity contribution is 0.0699. The molecule has 0 bridgehead atoms. The Hall–Kier alpha value is -1.09. The fourth-order valence-corrected chi connectivity index (χ4v) is 1.68. The lowest BCUT2D eigenvalue weighted by atomic mass is 10.0. The molecule has 1 N–H and O–H groups in total. The van der Waals surface area contributed by atoms with Crippen molar-refractivity contribution in [3.05, 3.63) is 24.5 Å². The van der Waals surface area contributed by atoms with Gasteiger partial charge in [-0.15, -0.1) is 0 Å². The summed E-state index contributed by atoms with van der Waals surface area (Å²) in [5, 5.41) is 3.42. The molecule has 1 fully saturated rings. The SMILES string of the molecule is c1cc(NCC2CCOCC2)ccn1. The third kappa shape index (κ3) is 2.70. The van der Waals surface area contributed by atoms with E-state index in [1.807, 2.05) is 24.5 Å². The van der Waals surface area contributed by atoms with E-state index in [1.54, 1.807) is 0 Å². The zero-order valence-electron chi connectivity index (χ0n) is 8.28. The first-order valence-electron chi connectivity index (χ1n) is 5.17. The van der Waals surface area contributed by atoms with Crippen molar-refractivity contribution in [2.24, 2.45) is 5.92 Å². The van der Waals surface area contributed by atoms with E-state index >= 15 is 0 Å². The number of anilines is 1. The molecule has 0 aliphatic carbocycles. The minimum atomic E-state index is 0.761. The van der Waals surface area contributed by atoms with E-state index in [9.17, 15) is 0 Å². The fraction of sp³-hybridized carbons (Fsp3) is 0.545. The molecule has 0 aromatic carbocycles. The van der Waals surface area contributed by atoms with Crippen LogP contribution in [0.4, 0.5) is 5.69 Å². The maximum absolute atomic E-state index is 5.31. The highest BCUT2D eigenvalue weighted by Crippen LogP contribution is 2.15. The molecular weight excluding hydrogens is 176 g/mol. The van der Waals surface area contributed by atoms with Crippen LogP contribution in [0, 0.1) is 5.92 Å². The van der Waals surface area contributed by atoms with Crippen LogP contribution in [0.25, 0.3) is 0 Å². The predicted molar refractivity (Wildman–Crippen MR) is 56.3 cm³/mol. The zero-order chi connectivity index (χ0) is 9.64. The summed E-state index contributed by atoms with van der Waals surface area (Å²) in [6, 6.07) is 4.00. The van der Waals surface area contributed by atoms with Crippen molar-refractivity contribution in [3.8, 4) is 0 Å². The number of nitrogens with zero attached hydrogens (tertiary/aromatic N) is 1. The Balaban J connectivity index is 1.76. The van der Waals surface area contributed by atoms with Crippen LogP contribution in [0.15, 0.2) is 24.5 Å². The van der Waals surface area contributed by atoms with Gasteiger partial charge in [0.25, 0.3) is 0 Å². The summed E-state index contributed by atoms with van der Waals surface area (Å²) in [6.07, 6.45) is 5.98. The Morgan fingerprint density at radius 2 is 2.00 bits per heavy atom. The van der Waals surface area contributed by atoms with Crippen LogP contribution in [-0.4, -0.2) is 24.7 Å². The Morgan fingerprint density at radius 1 is 1.29 bits per heavy atom. The average molecular weight is 192 g/mol. The first-order chi connectivity index (χ1) is 6.95. The van der Waals surface area contributed by atoms with Gasteiger partial charge in [0, 0.05) is 37.8 Å². The molecule has 3 heteroatoms. The third-order valence-corrected chi connectivity index (χ3v) is 2.62. The summed E-state index contributed by atoms with van der Waals surface area (Å²) in [6.45, 7) is 2.89. The predicted octanol–water partition coefficient (Wildman–Crippen LogP) is 1.92. The van der Waals surface area contributed by atoms with Crippen LogP contribution >= 0.6 is 0 Å². The number of aromatic nitrogens is 1. The molecule has 2 rings (SSSR count). The molecule has 0 saturated carbocycles. The normalized spacial score (nSPS) is 18.0. The van der Waals surface area contributed by atoms with Gasteiger partial charge in [-0.05, 0) is 30.9 Å². The summed E-state index contributed by atoms with van der Waals surface area (Å²) in [7, 11) is 0. The fourth-order valence-electron chi connectivity index (χ4n) is 1.68. The molecule has 3 nitrogen and oxygen atoms in total. The molecule has 1 aliphatic heterocycles. The van der Waals surface area contributed by atoms with Crippen molar-refractivity contribution < 1.29 is 4.74 Å². The number of nitrogens with one attached hydrogen (secondary N) is 1. The summed E-state index contributed by atoms with van der Waals surface area (Å²) >= 11 is 0. The average Bonchev–Trinajstić information content (AvgIpc) is 2.29. The third-order valence-electron chi connectivity index (χ3n) is 2.62. The second kappa shape index (κ2) is 4.96. The molecule has 0 unspecified atom stereocenters. The standard InChI is InChI=1S/C11H16N2O/c1-5-12-6-2-11(1)13-9-10-3-7-14-8-4-10/h1-2,5-6,10H,3-4,7-9H2,(H,12,13). The molecular formula is C11H16N2O. The van der Waals surface area contributed by atoms with Gasteiger partial charge < -0.3 is 10.1 Å². The lowest BCUT2D eigenvalue weighted by Crippen LogP contribution is -2.22. The number of rotatable bonds is 3. The van der Waals surface area contributed by atoms with Gasteiger partial charge in [0.1, 0.15) is 0 Å². The summed E-state index contributed by atoms with van der Waals surface area (Å²) in [4.78, 5) is 3.98. The van der Waals surface area contributed by atoms with Gasteiger partial charge >= 0.3 is 0 Å². The quantitative estimate of drug-likeness (QED) is 0.794. The van der Waals surface area contributed by atoms with Gasteiger partial charge in [-0.3, -0.25) is 4.98 Å². The van der Waals surface area contributed by atoms with Crippen LogP contribution in [-0.2, 0) is 4.74 Å². The molecule has 1 aromatic rings. The molecule has 14 heavy (non-hydrogen) atoms. The van der Waals surface area contributed by atoms with E-state index in [2.05, 4.69) is 10.3 Å². The van der Waals surface area contributed by atoms with Gasteiger partial charge in [0.15, 0.2) is 0 Å². The second-order valence-corrected chi connectivity index (χ2v) is 3.67. The molecule has 1 aliphatic rings. The van der Waals surface area contributed by atoms with Crippen molar-refractivity contribution in [2.75, 3.05) is 25.1 Å². The largest absolute Gasteiger partial charge is 0.385 e. The highest BCUT2D eigenvalue weighted by Gasteiger charge is 2.12. The molecule has 2 heterocycles. The Labute approximate surface area is 84.5 Å². The lowest BCUT2D eigenvalue weighted by Gasteiger charge is -2.22. The van der Waals surface area contributed by atoms with Crippen molar-refractivity contribution in [1.29, 1.82) is 0 Å². The molecule has 0 spiro atoms. The zero-order valence-corrected chi connectivity index (χ0v) is 8.28. The van der Waals surface area contributed by atoms with E-state index in [4.69, 9.17) is 4.74 Å². The molecule has 0 radical (unpaired) electrons. The van der Waals surface area contributed by atoms with Crippen LogP contribution in [0.3, 0.4) is 0 Å². The van der Waals surface area contributed by atoms with E-state index in [-0.39, 0.29) is 0 Å². The van der Waals surface area contributed by atoms with Crippen LogP contribution in [0.2, 0.25) is 0 Å². The Morgan fingerprint density at radius 3 is 2.71 bits per heavy atom. The van der Waals surface area contributed by atoms with Gasteiger partial charge in [0.2, 0.25) is 0 Å². The van der Waals surface area contributed by atoms with Crippen molar-refractivity contribution in [2.45, 2.75) is 12.8 Å². The van der Waals surface area contributed by atoms with Gasteiger partial charge in [-0.2, -0.15) is 0 Å². The van der Waals surface area contributed by atoms with Crippen molar-refractivity contribution in [3.63, 3.8) is 0 Å². The minimum Gasteiger partial charge on any atom is -0.385 e. The molecule has 0 amide bonds. The maximum Gasteiger partial charge on any atom is 0.0469 e. The minimum absolute atomic E-state index is 0.761. The van der Waals surface area contributed by atoms with Crippen LogP contribution < -0.4 is 5.32 Å². The molecule has 76 valence electrons. The molecule has 0 atom stereocenters. The Bertz CT molecular complexity index is 257. The van der Waals surface area contributed by atoms with E-state index in [1.165, 1.54) is 12.8 Å². The highest BCUT2D eigenvalue weighted by atomic mass is 16.5. The highest BCUT2D eigenvalue weighted by molar-refractivity contribution is 5.40. The maximum atomic E-state index is 5.31. The van der Waals surface area contributed by atoms with E-state index < -0.39 is 0 Å². The number of hydrogen-bond donors (Lipinski definition) is 1. The van der Waals surface area contributed by atoms with E-state index in [0.717, 1.165) is 31.4 Å². The first kappa shape index (κ1) is 9.46. The Kier molecular flexibility index (Phi) is 3.35.